The lowest BCUT2D eigenvalue weighted by Crippen LogP contribution is -2.41. The van der Waals surface area contributed by atoms with Gasteiger partial charge in [0.15, 0.2) is 5.78 Å². The summed E-state index contributed by atoms with van der Waals surface area (Å²) in [6, 6.07) is 0.252. The number of amides is 1. The molecule has 0 bridgehead atoms. The molecular formula is C20H36N2O3S. The van der Waals surface area contributed by atoms with Crippen molar-refractivity contribution in [1.82, 2.24) is 10.2 Å². The van der Waals surface area contributed by atoms with Crippen LogP contribution in [0.1, 0.15) is 61.8 Å². The minimum absolute atomic E-state index is 0.123. The van der Waals surface area contributed by atoms with Crippen molar-refractivity contribution in [3.63, 3.8) is 0 Å². The van der Waals surface area contributed by atoms with Crippen LogP contribution in [-0.4, -0.2) is 47.3 Å². The molecule has 0 aromatic rings. The fourth-order valence-electron chi connectivity index (χ4n) is 3.00. The number of carbonyl (C=O) groups is 2. The van der Waals surface area contributed by atoms with Crippen LogP contribution in [0.15, 0.2) is 10.6 Å². The largest absolute Gasteiger partial charge is 0.444 e. The molecule has 1 rings (SSSR count). The average molecular weight is 385 g/mol. The molecular weight excluding hydrogens is 348 g/mol. The second-order valence-electron chi connectivity index (χ2n) is 8.65. The van der Waals surface area contributed by atoms with E-state index in [1.807, 2.05) is 27.7 Å². The number of rotatable bonds is 7. The van der Waals surface area contributed by atoms with Gasteiger partial charge in [-0.15, -0.1) is 11.8 Å². The molecule has 0 fully saturated rings. The average Bonchev–Trinajstić information content (AvgIpc) is 2.47. The summed E-state index contributed by atoms with van der Waals surface area (Å²) in [7, 11) is 0. The number of ketones is 1. The van der Waals surface area contributed by atoms with Crippen molar-refractivity contribution in [2.24, 2.45) is 11.8 Å². The lowest BCUT2D eigenvalue weighted by atomic mass is 9.91. The maximum absolute atomic E-state index is 12.7. The van der Waals surface area contributed by atoms with Crippen molar-refractivity contribution in [1.29, 1.82) is 0 Å². The molecule has 0 saturated carbocycles. The van der Waals surface area contributed by atoms with Crippen LogP contribution in [0, 0.1) is 11.8 Å². The van der Waals surface area contributed by atoms with Crippen molar-refractivity contribution < 1.29 is 14.3 Å². The fourth-order valence-corrected chi connectivity index (χ4v) is 4.44. The highest BCUT2D eigenvalue weighted by molar-refractivity contribution is 8.03. The smallest absolute Gasteiger partial charge is 0.407 e. The van der Waals surface area contributed by atoms with E-state index < -0.39 is 11.7 Å². The topological polar surface area (TPSA) is 58.6 Å². The number of alkyl carbamates (subject to hydrolysis) is 1. The van der Waals surface area contributed by atoms with Gasteiger partial charge in [0.25, 0.3) is 0 Å². The summed E-state index contributed by atoms with van der Waals surface area (Å²) in [5.74, 6) is 1.76. The maximum Gasteiger partial charge on any atom is 0.407 e. The van der Waals surface area contributed by atoms with Gasteiger partial charge in [0.2, 0.25) is 0 Å². The minimum atomic E-state index is -0.502. The van der Waals surface area contributed by atoms with Crippen LogP contribution < -0.4 is 5.32 Å². The molecule has 1 amide bonds. The van der Waals surface area contributed by atoms with Crippen LogP contribution in [0.25, 0.3) is 0 Å². The Morgan fingerprint density at radius 2 is 1.92 bits per heavy atom. The van der Waals surface area contributed by atoms with E-state index in [4.69, 9.17) is 4.74 Å². The summed E-state index contributed by atoms with van der Waals surface area (Å²) < 4.78 is 5.27. The first-order valence-corrected chi connectivity index (χ1v) is 10.5. The number of carbonyl (C=O) groups excluding carboxylic acids is 2. The molecule has 1 N–H and O–H groups in total. The van der Waals surface area contributed by atoms with Gasteiger partial charge in [0, 0.05) is 36.4 Å². The molecule has 0 aromatic carbocycles. The molecule has 0 saturated heterocycles. The van der Waals surface area contributed by atoms with E-state index in [0.29, 0.717) is 19.0 Å². The molecule has 0 spiro atoms. The van der Waals surface area contributed by atoms with E-state index >= 15 is 0 Å². The van der Waals surface area contributed by atoms with Gasteiger partial charge >= 0.3 is 6.09 Å². The third-order valence-corrected chi connectivity index (χ3v) is 5.53. The normalized spacial score (nSPS) is 18.5. The van der Waals surface area contributed by atoms with Gasteiger partial charge in [0.1, 0.15) is 5.60 Å². The van der Waals surface area contributed by atoms with Gasteiger partial charge in [-0.3, -0.25) is 4.79 Å². The van der Waals surface area contributed by atoms with Gasteiger partial charge in [-0.25, -0.2) is 4.79 Å². The summed E-state index contributed by atoms with van der Waals surface area (Å²) in [6.45, 7) is 17.2. The zero-order valence-corrected chi connectivity index (χ0v) is 18.5. The molecule has 0 aromatic heterocycles. The molecule has 0 aliphatic carbocycles. The highest BCUT2D eigenvalue weighted by Crippen LogP contribution is 2.36. The molecule has 1 aliphatic rings. The number of Topliss-reactive ketones (excluding diaryl/α,β-unsaturated/α-hetero) is 1. The van der Waals surface area contributed by atoms with Crippen LogP contribution >= 0.6 is 11.8 Å². The monoisotopic (exact) mass is 384 g/mol. The molecule has 26 heavy (non-hydrogen) atoms. The Hall–Kier alpha value is -1.17. The van der Waals surface area contributed by atoms with Gasteiger partial charge in [-0.2, -0.15) is 0 Å². The van der Waals surface area contributed by atoms with Crippen LogP contribution in [0.4, 0.5) is 4.79 Å². The summed E-state index contributed by atoms with van der Waals surface area (Å²) in [5.41, 5.74) is 0.357. The Morgan fingerprint density at radius 3 is 2.42 bits per heavy atom. The van der Waals surface area contributed by atoms with Gasteiger partial charge in [0.05, 0.1) is 5.03 Å². The Bertz CT molecular complexity index is 536. The van der Waals surface area contributed by atoms with Crippen molar-refractivity contribution in [2.45, 2.75) is 73.5 Å². The number of nitrogens with one attached hydrogen (secondary N) is 1. The van der Waals surface area contributed by atoms with Crippen LogP contribution in [-0.2, 0) is 9.53 Å². The number of hydrogen-bond acceptors (Lipinski definition) is 5. The fraction of sp³-hybridized carbons (Fsp3) is 0.800. The van der Waals surface area contributed by atoms with Crippen molar-refractivity contribution in [3.05, 3.63) is 10.6 Å². The number of nitrogens with zero attached hydrogens (tertiary/aromatic N) is 1. The molecule has 1 heterocycles. The van der Waals surface area contributed by atoms with E-state index in [1.165, 1.54) is 0 Å². The molecule has 150 valence electrons. The van der Waals surface area contributed by atoms with E-state index in [2.05, 4.69) is 37.9 Å². The predicted molar refractivity (Wildman–Crippen MR) is 109 cm³/mol. The Kier molecular flexibility index (Phi) is 8.51. The first kappa shape index (κ1) is 22.9. The van der Waals surface area contributed by atoms with Crippen molar-refractivity contribution in [2.75, 3.05) is 18.8 Å². The van der Waals surface area contributed by atoms with E-state index in [0.717, 1.165) is 22.8 Å². The molecule has 6 heteroatoms. The van der Waals surface area contributed by atoms with E-state index in [9.17, 15) is 9.59 Å². The molecule has 1 atom stereocenters. The predicted octanol–water partition coefficient (Wildman–Crippen LogP) is 4.43. The summed E-state index contributed by atoms with van der Waals surface area (Å²) in [4.78, 5) is 26.8. The van der Waals surface area contributed by atoms with E-state index in [-0.39, 0.29) is 17.7 Å². The Morgan fingerprint density at radius 1 is 1.31 bits per heavy atom. The summed E-state index contributed by atoms with van der Waals surface area (Å²) in [6.07, 6.45) is 0.537. The second-order valence-corrected chi connectivity index (χ2v) is 9.66. The molecule has 1 aliphatic heterocycles. The number of ether oxygens (including phenoxy) is 1. The third kappa shape index (κ3) is 7.22. The zero-order chi connectivity index (χ0) is 20.1. The minimum Gasteiger partial charge on any atom is -0.444 e. The number of hydrogen-bond donors (Lipinski definition) is 1. The molecule has 5 nitrogen and oxygen atoms in total. The second kappa shape index (κ2) is 9.67. The van der Waals surface area contributed by atoms with Gasteiger partial charge in [-0.1, -0.05) is 13.8 Å². The summed E-state index contributed by atoms with van der Waals surface area (Å²) in [5, 5.41) is 3.86. The highest BCUT2D eigenvalue weighted by Gasteiger charge is 2.31. The van der Waals surface area contributed by atoms with Gasteiger partial charge in [-0.05, 0) is 53.9 Å². The third-order valence-electron chi connectivity index (χ3n) is 4.14. The number of thioether (sulfide) groups is 1. The SMILES string of the molecule is CC1=C(N(CCNC(=O)OC(C)(C)C)C(C)C)SCC(CC(C)C)C1=O. The standard InChI is InChI=1S/C20H36N2O3S/c1-13(2)11-16-12-26-18(15(5)17(16)23)22(14(3)4)10-9-21-19(24)25-20(6,7)8/h13-14,16H,9-12H2,1-8H3,(H,21,24). The zero-order valence-electron chi connectivity index (χ0n) is 17.6. The molecule has 0 radical (unpaired) electrons. The Balaban J connectivity index is 2.73. The summed E-state index contributed by atoms with van der Waals surface area (Å²) >= 11 is 1.77. The number of allylic oxidation sites excluding steroid dienone is 1. The lowest BCUT2D eigenvalue weighted by molar-refractivity contribution is -0.119. The first-order valence-electron chi connectivity index (χ1n) is 9.53. The quantitative estimate of drug-likeness (QED) is 0.703. The van der Waals surface area contributed by atoms with E-state index in [1.54, 1.807) is 11.8 Å². The van der Waals surface area contributed by atoms with Crippen LogP contribution in [0.2, 0.25) is 0 Å². The first-order chi connectivity index (χ1) is 11.9. The van der Waals surface area contributed by atoms with Gasteiger partial charge < -0.3 is 15.0 Å². The maximum atomic E-state index is 12.7. The van der Waals surface area contributed by atoms with Crippen LogP contribution in [0.3, 0.4) is 0 Å². The lowest BCUT2D eigenvalue weighted by Gasteiger charge is -2.36. The van der Waals surface area contributed by atoms with Crippen molar-refractivity contribution in [3.8, 4) is 0 Å². The molecule has 1 unspecified atom stereocenters. The van der Waals surface area contributed by atoms with Crippen molar-refractivity contribution >= 4 is 23.6 Å². The highest BCUT2D eigenvalue weighted by atomic mass is 32.2. The Labute approximate surface area is 163 Å². The van der Waals surface area contributed by atoms with Crippen LogP contribution in [0.5, 0.6) is 0 Å².